The Hall–Kier alpha value is -1.32. The fourth-order valence-corrected chi connectivity index (χ4v) is 2.98. The molecule has 5 N–H and O–H groups in total. The van der Waals surface area contributed by atoms with Crippen molar-refractivity contribution in [2.75, 3.05) is 0 Å². The van der Waals surface area contributed by atoms with Crippen molar-refractivity contribution in [3.63, 3.8) is 0 Å². The van der Waals surface area contributed by atoms with Gasteiger partial charge in [0.25, 0.3) is 0 Å². The number of nitrogens with one attached hydrogen (secondary N) is 1. The summed E-state index contributed by atoms with van der Waals surface area (Å²) in [6.45, 7) is 12.2. The average molecular weight is 613 g/mol. The van der Waals surface area contributed by atoms with Crippen molar-refractivity contribution in [1.29, 1.82) is 0 Å². The van der Waals surface area contributed by atoms with E-state index in [0.29, 0.717) is 5.92 Å². The third-order valence-corrected chi connectivity index (χ3v) is 4.59. The molecule has 1 saturated carbocycles. The normalized spacial score (nSPS) is 16.2. The van der Waals surface area contributed by atoms with Crippen molar-refractivity contribution in [2.24, 2.45) is 5.92 Å². The molecule has 0 saturated heterocycles. The van der Waals surface area contributed by atoms with E-state index in [9.17, 15) is 0 Å². The van der Waals surface area contributed by atoms with Crippen LogP contribution in [0.3, 0.4) is 0 Å². The maximum atomic E-state index is 7.48. The molecule has 1 heterocycles. The number of aryl methyl sites for hydroxylation is 1. The van der Waals surface area contributed by atoms with Gasteiger partial charge in [0.15, 0.2) is 0 Å². The molecule has 4 nitrogen and oxygen atoms in total. The van der Waals surface area contributed by atoms with Gasteiger partial charge in [0.2, 0.25) is 0 Å². The standard InChI is InChI=1S/C14H13N.C7H14N.C3H8.2CH3.2H2O.Pt/c1-3-4-6-12-8-9-13-7-5-10-15-14(13)11(12)2;1-6-4-2-3-5-7(6)8;1-3-2;;;;;/h3-10H,1H2,2H3;6-8H,2-5H2,1H3;3H2,1-2H3;2*1H3;2*1H2;/q;-1;;2*-1;;;/b6-4-;;;;;;;. The second-order valence-corrected chi connectivity index (χ2v) is 7.03. The maximum Gasteiger partial charge on any atom is 0.0737 e. The summed E-state index contributed by atoms with van der Waals surface area (Å²) in [6, 6.07) is 8.50. The van der Waals surface area contributed by atoms with E-state index in [4.69, 9.17) is 5.73 Å². The van der Waals surface area contributed by atoms with Crippen LogP contribution in [0.5, 0.6) is 0 Å². The minimum atomic E-state index is 0. The molecule has 0 spiro atoms. The number of pyridine rings is 1. The summed E-state index contributed by atoms with van der Waals surface area (Å²) in [4.78, 5) is 4.39. The molecule has 1 fully saturated rings. The van der Waals surface area contributed by atoms with Crippen LogP contribution in [0.15, 0.2) is 49.2 Å². The quantitative estimate of drug-likeness (QED) is 0.264. The van der Waals surface area contributed by atoms with Crippen LogP contribution in [0.2, 0.25) is 0 Å². The topological polar surface area (TPSA) is 99.7 Å². The molecular formula is C26H45N2O2Pt-3. The number of allylic oxidation sites excluding steroid dienone is 2. The van der Waals surface area contributed by atoms with Crippen LogP contribution in [0.25, 0.3) is 22.7 Å². The molecule has 3 rings (SSSR count). The predicted molar refractivity (Wildman–Crippen MR) is 137 cm³/mol. The third kappa shape index (κ3) is 14.4. The van der Waals surface area contributed by atoms with Crippen LogP contribution < -0.4 is 0 Å². The van der Waals surface area contributed by atoms with Gasteiger partial charge in [-0.1, -0.05) is 102 Å². The number of hydrogen-bond donors (Lipinski definition) is 0. The van der Waals surface area contributed by atoms with Gasteiger partial charge in [0.1, 0.15) is 0 Å². The minimum Gasteiger partial charge on any atom is -0.674 e. The van der Waals surface area contributed by atoms with E-state index < -0.39 is 0 Å². The summed E-state index contributed by atoms with van der Waals surface area (Å²) in [5, 5.41) is 1.19. The Morgan fingerprint density at radius 3 is 2.16 bits per heavy atom. The average Bonchev–Trinajstić information content (AvgIpc) is 2.65. The van der Waals surface area contributed by atoms with E-state index in [1.165, 1.54) is 42.2 Å². The monoisotopic (exact) mass is 612 g/mol. The number of benzene rings is 1. The molecule has 5 heteroatoms. The summed E-state index contributed by atoms with van der Waals surface area (Å²) in [5.41, 5.74) is 11.0. The van der Waals surface area contributed by atoms with Crippen LogP contribution in [0.4, 0.5) is 0 Å². The molecule has 31 heavy (non-hydrogen) atoms. The van der Waals surface area contributed by atoms with Crippen LogP contribution in [-0.4, -0.2) is 22.0 Å². The van der Waals surface area contributed by atoms with E-state index in [1.807, 2.05) is 18.3 Å². The molecule has 1 aromatic heterocycles. The number of rotatable bonds is 2. The Morgan fingerprint density at radius 2 is 1.68 bits per heavy atom. The van der Waals surface area contributed by atoms with Gasteiger partial charge in [0.05, 0.1) is 5.52 Å². The molecule has 1 aliphatic rings. The largest absolute Gasteiger partial charge is 0.674 e. The van der Waals surface area contributed by atoms with Crippen molar-refractivity contribution in [3.8, 4) is 0 Å². The zero-order valence-electron chi connectivity index (χ0n) is 20.3. The van der Waals surface area contributed by atoms with Crippen molar-refractivity contribution in [3.05, 3.63) is 80.9 Å². The molecule has 184 valence electrons. The van der Waals surface area contributed by atoms with Crippen LogP contribution in [0.1, 0.15) is 64.0 Å². The van der Waals surface area contributed by atoms with Gasteiger partial charge in [-0.05, 0) is 24.1 Å². The first-order valence-electron chi connectivity index (χ1n) is 9.89. The van der Waals surface area contributed by atoms with Crippen molar-refractivity contribution < 1.29 is 32.0 Å². The summed E-state index contributed by atoms with van der Waals surface area (Å²) in [5.74, 6) is 0.670. The van der Waals surface area contributed by atoms with Gasteiger partial charge in [-0.3, -0.25) is 4.98 Å². The fourth-order valence-electron chi connectivity index (χ4n) is 2.98. The zero-order chi connectivity index (χ0) is 19.4. The molecule has 1 aliphatic carbocycles. The summed E-state index contributed by atoms with van der Waals surface area (Å²) < 4.78 is 0. The van der Waals surface area contributed by atoms with Crippen molar-refractivity contribution in [2.45, 2.75) is 65.8 Å². The van der Waals surface area contributed by atoms with E-state index in [-0.39, 0.29) is 52.9 Å². The van der Waals surface area contributed by atoms with Crippen LogP contribution in [-0.2, 0) is 21.1 Å². The molecule has 0 bridgehead atoms. The molecule has 2 atom stereocenters. The molecular weight excluding hydrogens is 567 g/mol. The van der Waals surface area contributed by atoms with E-state index in [2.05, 4.69) is 63.5 Å². The Balaban J connectivity index is -0.000000123. The third-order valence-electron chi connectivity index (χ3n) is 4.59. The molecule has 0 radical (unpaired) electrons. The molecule has 0 amide bonds. The molecule has 1 aromatic carbocycles. The fraction of sp³-hybridized carbons (Fsp3) is 0.423. The van der Waals surface area contributed by atoms with Crippen LogP contribution in [0, 0.1) is 27.7 Å². The second-order valence-electron chi connectivity index (χ2n) is 7.03. The first kappa shape index (κ1) is 40.1. The zero-order valence-corrected chi connectivity index (χ0v) is 22.6. The van der Waals surface area contributed by atoms with Gasteiger partial charge in [-0.15, -0.1) is 6.04 Å². The molecule has 0 aliphatic heterocycles. The maximum absolute atomic E-state index is 7.48. The second kappa shape index (κ2) is 23.3. The SMILES string of the molecule is C=C/C=C\c1ccc2cccnc2c1C.CC1CCCCC1[NH-].CCC.O.O.[CH3-].[CH3-].[Pt]. The summed E-state index contributed by atoms with van der Waals surface area (Å²) in [6.07, 6.45) is 13.9. The van der Waals surface area contributed by atoms with Gasteiger partial charge in [0, 0.05) is 32.6 Å². The number of hydrogen-bond acceptors (Lipinski definition) is 1. The van der Waals surface area contributed by atoms with E-state index >= 15 is 0 Å². The minimum absolute atomic E-state index is 0. The van der Waals surface area contributed by atoms with Gasteiger partial charge in [-0.2, -0.15) is 0 Å². The van der Waals surface area contributed by atoms with Crippen molar-refractivity contribution >= 4 is 17.0 Å². The number of nitrogens with zero attached hydrogens (tertiary/aromatic N) is 1. The number of fused-ring (bicyclic) bond motifs is 1. The molecule has 2 unspecified atom stereocenters. The molecule has 2 aromatic rings. The first-order chi connectivity index (χ1) is 12.5. The number of aromatic nitrogens is 1. The van der Waals surface area contributed by atoms with Crippen molar-refractivity contribution in [1.82, 2.24) is 4.98 Å². The smallest absolute Gasteiger partial charge is 0.0737 e. The van der Waals surface area contributed by atoms with Gasteiger partial charge in [-0.25, -0.2) is 0 Å². The Bertz CT molecular complexity index is 695. The Morgan fingerprint density at radius 1 is 1.10 bits per heavy atom. The van der Waals surface area contributed by atoms with Gasteiger partial charge >= 0.3 is 0 Å². The van der Waals surface area contributed by atoms with Gasteiger partial charge < -0.3 is 31.5 Å². The predicted octanol–water partition coefficient (Wildman–Crippen LogP) is 7.02. The van der Waals surface area contributed by atoms with E-state index in [1.54, 1.807) is 6.08 Å². The Labute approximate surface area is 206 Å². The first-order valence-corrected chi connectivity index (χ1v) is 9.89. The summed E-state index contributed by atoms with van der Waals surface area (Å²) >= 11 is 0. The summed E-state index contributed by atoms with van der Waals surface area (Å²) in [7, 11) is 0. The van der Waals surface area contributed by atoms with E-state index in [0.717, 1.165) is 11.9 Å². The van der Waals surface area contributed by atoms with Crippen LogP contribution >= 0.6 is 0 Å². The Kier molecular flexibility index (Phi) is 30.2.